The van der Waals surface area contributed by atoms with E-state index in [0.717, 1.165) is 5.56 Å². The van der Waals surface area contributed by atoms with Gasteiger partial charge in [0.1, 0.15) is 5.66 Å². The van der Waals surface area contributed by atoms with E-state index in [4.69, 9.17) is 11.6 Å². The topological polar surface area (TPSA) is 87.5 Å². The van der Waals surface area contributed by atoms with E-state index in [1.54, 1.807) is 37.4 Å². The van der Waals surface area contributed by atoms with Gasteiger partial charge in [0.25, 0.3) is 11.6 Å². The molecule has 0 aliphatic carbocycles. The fourth-order valence-corrected chi connectivity index (χ4v) is 2.89. The van der Waals surface area contributed by atoms with Crippen LogP contribution in [0.15, 0.2) is 42.5 Å². The summed E-state index contributed by atoms with van der Waals surface area (Å²) in [6.45, 7) is 1.85. The van der Waals surface area contributed by atoms with Gasteiger partial charge in [0.15, 0.2) is 0 Å². The Bertz CT molecular complexity index is 825. The Kier molecular flexibility index (Phi) is 3.90. The molecular formula is C16H15ClN4O3. The van der Waals surface area contributed by atoms with Crippen LogP contribution in [0.1, 0.15) is 22.8 Å². The number of non-ortho nitro benzene ring substituents is 1. The molecule has 124 valence electrons. The summed E-state index contributed by atoms with van der Waals surface area (Å²) in [5, 5.41) is 15.9. The van der Waals surface area contributed by atoms with E-state index >= 15 is 0 Å². The second kappa shape index (κ2) is 5.77. The van der Waals surface area contributed by atoms with Crippen molar-refractivity contribution in [3.05, 3.63) is 68.7 Å². The smallest absolute Gasteiger partial charge is 0.269 e. The van der Waals surface area contributed by atoms with Crippen molar-refractivity contribution in [1.29, 1.82) is 0 Å². The monoisotopic (exact) mass is 346 g/mol. The number of nitro benzene ring substituents is 1. The van der Waals surface area contributed by atoms with E-state index in [-0.39, 0.29) is 11.6 Å². The summed E-state index contributed by atoms with van der Waals surface area (Å²) in [6.07, 6.45) is 0. The maximum atomic E-state index is 12.5. The summed E-state index contributed by atoms with van der Waals surface area (Å²) in [5.74, 6) is -0.231. The van der Waals surface area contributed by atoms with Crippen LogP contribution in [0.4, 0.5) is 11.4 Å². The van der Waals surface area contributed by atoms with Gasteiger partial charge in [-0.3, -0.25) is 19.9 Å². The number of nitrogens with zero attached hydrogens (tertiary/aromatic N) is 2. The molecule has 0 aromatic heterocycles. The Labute approximate surface area is 143 Å². The quantitative estimate of drug-likeness (QED) is 0.644. The average molecular weight is 347 g/mol. The number of hydrazine groups is 1. The van der Waals surface area contributed by atoms with Gasteiger partial charge >= 0.3 is 0 Å². The summed E-state index contributed by atoms with van der Waals surface area (Å²) < 4.78 is 0. The lowest BCUT2D eigenvalue weighted by atomic mass is 10.0. The predicted molar refractivity (Wildman–Crippen MR) is 90.8 cm³/mol. The van der Waals surface area contributed by atoms with Gasteiger partial charge in [0.05, 0.1) is 10.5 Å². The van der Waals surface area contributed by atoms with Gasteiger partial charge in [-0.25, -0.2) is 5.43 Å². The van der Waals surface area contributed by atoms with Crippen molar-refractivity contribution in [1.82, 2.24) is 10.4 Å². The molecule has 1 unspecified atom stereocenters. The van der Waals surface area contributed by atoms with E-state index in [9.17, 15) is 14.9 Å². The van der Waals surface area contributed by atoms with Crippen LogP contribution >= 0.6 is 11.6 Å². The molecule has 1 atom stereocenters. The van der Waals surface area contributed by atoms with Gasteiger partial charge in [0, 0.05) is 29.9 Å². The summed E-state index contributed by atoms with van der Waals surface area (Å²) in [4.78, 5) is 22.9. The number of halogens is 1. The van der Waals surface area contributed by atoms with Crippen LogP contribution in [0.25, 0.3) is 0 Å². The van der Waals surface area contributed by atoms with Crippen molar-refractivity contribution in [2.24, 2.45) is 0 Å². The maximum absolute atomic E-state index is 12.5. The highest BCUT2D eigenvalue weighted by atomic mass is 35.5. The van der Waals surface area contributed by atoms with Crippen LogP contribution in [0.5, 0.6) is 0 Å². The highest BCUT2D eigenvalue weighted by molar-refractivity contribution is 6.31. The molecule has 2 aromatic carbocycles. The van der Waals surface area contributed by atoms with Crippen LogP contribution in [0.2, 0.25) is 5.02 Å². The first-order valence-electron chi connectivity index (χ1n) is 7.19. The van der Waals surface area contributed by atoms with E-state index in [1.807, 2.05) is 6.92 Å². The number of carbonyl (C=O) groups excluding carboxylic acids is 1. The van der Waals surface area contributed by atoms with Crippen LogP contribution in [0, 0.1) is 10.1 Å². The second-order valence-corrected chi connectivity index (χ2v) is 6.16. The molecule has 1 aliphatic heterocycles. The summed E-state index contributed by atoms with van der Waals surface area (Å²) >= 11 is 6.00. The lowest BCUT2D eigenvalue weighted by Crippen LogP contribution is -2.53. The number of fused-ring (bicyclic) bond motifs is 1. The zero-order valence-electron chi connectivity index (χ0n) is 13.0. The van der Waals surface area contributed by atoms with Gasteiger partial charge < -0.3 is 5.32 Å². The molecule has 2 aromatic rings. The zero-order valence-corrected chi connectivity index (χ0v) is 13.8. The van der Waals surface area contributed by atoms with Crippen LogP contribution in [-0.4, -0.2) is 22.9 Å². The molecule has 0 saturated heterocycles. The minimum Gasteiger partial charge on any atom is -0.362 e. The zero-order chi connectivity index (χ0) is 17.5. The summed E-state index contributed by atoms with van der Waals surface area (Å²) in [5.41, 5.74) is 4.09. The van der Waals surface area contributed by atoms with E-state index < -0.39 is 10.6 Å². The molecule has 0 bridgehead atoms. The number of benzene rings is 2. The third-order valence-corrected chi connectivity index (χ3v) is 4.18. The number of rotatable bonds is 2. The van der Waals surface area contributed by atoms with Crippen molar-refractivity contribution in [3.63, 3.8) is 0 Å². The van der Waals surface area contributed by atoms with E-state index in [0.29, 0.717) is 16.3 Å². The molecule has 8 heteroatoms. The lowest BCUT2D eigenvalue weighted by Gasteiger charge is -2.34. The van der Waals surface area contributed by atoms with Crippen molar-refractivity contribution in [2.75, 3.05) is 12.4 Å². The predicted octanol–water partition coefficient (Wildman–Crippen LogP) is 3.12. The SMILES string of the molecule is CN1NC(C)(c2ccc([N+](=O)[O-])cc2)Nc2ccc(Cl)cc2C1=O. The fourth-order valence-electron chi connectivity index (χ4n) is 2.72. The number of carbonyl (C=O) groups is 1. The molecule has 1 aliphatic rings. The molecule has 1 amide bonds. The molecule has 0 radical (unpaired) electrons. The Morgan fingerprint density at radius 2 is 1.88 bits per heavy atom. The number of hydrogen-bond acceptors (Lipinski definition) is 5. The van der Waals surface area contributed by atoms with Gasteiger partial charge in [0.2, 0.25) is 0 Å². The lowest BCUT2D eigenvalue weighted by molar-refractivity contribution is -0.384. The third kappa shape index (κ3) is 2.79. The van der Waals surface area contributed by atoms with Crippen LogP contribution in [-0.2, 0) is 5.66 Å². The normalized spacial score (nSPS) is 20.1. The Morgan fingerprint density at radius 1 is 1.21 bits per heavy atom. The minimum absolute atomic E-state index is 0.00702. The van der Waals surface area contributed by atoms with Gasteiger partial charge in [-0.05, 0) is 42.8 Å². The minimum atomic E-state index is -0.835. The number of nitrogens with one attached hydrogen (secondary N) is 2. The van der Waals surface area contributed by atoms with Gasteiger partial charge in [-0.2, -0.15) is 0 Å². The molecular weight excluding hydrogens is 332 g/mol. The highest BCUT2D eigenvalue weighted by Crippen LogP contribution is 2.32. The fraction of sp³-hybridized carbons (Fsp3) is 0.188. The number of nitro groups is 1. The third-order valence-electron chi connectivity index (χ3n) is 3.95. The first-order valence-corrected chi connectivity index (χ1v) is 7.56. The Hall–Kier alpha value is -2.64. The van der Waals surface area contributed by atoms with Crippen molar-refractivity contribution in [3.8, 4) is 0 Å². The van der Waals surface area contributed by atoms with Gasteiger partial charge in [-0.15, -0.1) is 0 Å². The second-order valence-electron chi connectivity index (χ2n) is 5.72. The molecule has 0 fully saturated rings. The van der Waals surface area contributed by atoms with E-state index in [1.165, 1.54) is 17.1 Å². The Morgan fingerprint density at radius 3 is 2.50 bits per heavy atom. The molecule has 3 rings (SSSR count). The van der Waals surface area contributed by atoms with Gasteiger partial charge in [-0.1, -0.05) is 11.6 Å². The molecule has 0 saturated carbocycles. The standard InChI is InChI=1S/C16H15ClN4O3/c1-16(10-3-6-12(7-4-10)21(23)24)18-14-8-5-11(17)9-13(14)15(22)20(2)19-16/h3-9,18-19H,1-2H3. The number of amides is 1. The summed E-state index contributed by atoms with van der Waals surface area (Å²) in [7, 11) is 1.61. The first kappa shape index (κ1) is 16.2. The van der Waals surface area contributed by atoms with Crippen molar-refractivity contribution >= 4 is 28.9 Å². The molecule has 24 heavy (non-hydrogen) atoms. The number of hydrogen-bond donors (Lipinski definition) is 2. The molecule has 0 spiro atoms. The largest absolute Gasteiger partial charge is 0.362 e. The molecule has 7 nitrogen and oxygen atoms in total. The highest BCUT2D eigenvalue weighted by Gasteiger charge is 2.34. The van der Waals surface area contributed by atoms with Crippen molar-refractivity contribution < 1.29 is 9.72 Å². The van der Waals surface area contributed by atoms with Crippen LogP contribution < -0.4 is 10.7 Å². The average Bonchev–Trinajstić information content (AvgIpc) is 2.64. The van der Waals surface area contributed by atoms with E-state index in [2.05, 4.69) is 10.7 Å². The number of anilines is 1. The van der Waals surface area contributed by atoms with Crippen molar-refractivity contribution in [2.45, 2.75) is 12.6 Å². The molecule has 1 heterocycles. The first-order chi connectivity index (χ1) is 11.3. The maximum Gasteiger partial charge on any atom is 0.269 e. The van der Waals surface area contributed by atoms with Crippen LogP contribution in [0.3, 0.4) is 0 Å². The molecule has 2 N–H and O–H groups in total. The Balaban J connectivity index is 2.05. The summed E-state index contributed by atoms with van der Waals surface area (Å²) in [6, 6.07) is 11.2.